The molecule has 0 aliphatic rings. The first-order valence-corrected chi connectivity index (χ1v) is 7.67. The van der Waals surface area contributed by atoms with Crippen molar-refractivity contribution in [3.8, 4) is 5.75 Å². The molecule has 0 aliphatic carbocycles. The van der Waals surface area contributed by atoms with Crippen LogP contribution in [-0.2, 0) is 6.61 Å². The second kappa shape index (κ2) is 6.57. The molecule has 0 atom stereocenters. The summed E-state index contributed by atoms with van der Waals surface area (Å²) in [5.74, 6) is 1.41. The number of rotatable bonds is 5. The van der Waals surface area contributed by atoms with E-state index in [1.165, 1.54) is 11.3 Å². The lowest BCUT2D eigenvalue weighted by Gasteiger charge is -2.01. The van der Waals surface area contributed by atoms with E-state index >= 15 is 0 Å². The molecule has 0 aliphatic heterocycles. The first-order chi connectivity index (χ1) is 11.1. The molecule has 118 valence electrons. The van der Waals surface area contributed by atoms with Gasteiger partial charge in [-0.15, -0.1) is 11.3 Å². The molecule has 7 nitrogen and oxygen atoms in total. The van der Waals surface area contributed by atoms with Crippen LogP contribution in [-0.4, -0.2) is 21.0 Å². The van der Waals surface area contributed by atoms with Gasteiger partial charge in [0.05, 0.1) is 11.9 Å². The summed E-state index contributed by atoms with van der Waals surface area (Å²) in [7, 11) is 0. The van der Waals surface area contributed by atoms with Crippen LogP contribution in [0, 0.1) is 13.8 Å². The van der Waals surface area contributed by atoms with E-state index in [1.54, 1.807) is 38.4 Å². The van der Waals surface area contributed by atoms with Crippen LogP contribution < -0.4 is 10.1 Å². The molecule has 8 heteroatoms. The molecule has 3 aromatic heterocycles. The van der Waals surface area contributed by atoms with Crippen molar-refractivity contribution in [3.63, 3.8) is 0 Å². The molecule has 0 radical (unpaired) electrons. The summed E-state index contributed by atoms with van der Waals surface area (Å²) in [6.07, 6.45) is 3.30. The van der Waals surface area contributed by atoms with E-state index in [2.05, 4.69) is 20.4 Å². The van der Waals surface area contributed by atoms with E-state index in [0.29, 0.717) is 32.9 Å². The maximum absolute atomic E-state index is 12.3. The van der Waals surface area contributed by atoms with Crippen LogP contribution in [0.5, 0.6) is 5.75 Å². The summed E-state index contributed by atoms with van der Waals surface area (Å²) in [4.78, 5) is 21.1. The maximum atomic E-state index is 12.3. The minimum absolute atomic E-state index is 0.263. The summed E-state index contributed by atoms with van der Waals surface area (Å²) >= 11 is 1.29. The van der Waals surface area contributed by atoms with Crippen LogP contribution in [0.25, 0.3) is 0 Å². The molecular weight excluding hydrogens is 316 g/mol. The highest BCUT2D eigenvalue weighted by Crippen LogP contribution is 2.21. The Labute approximate surface area is 136 Å². The number of nitrogens with zero attached hydrogens (tertiary/aromatic N) is 3. The lowest BCUT2D eigenvalue weighted by atomic mass is 10.3. The molecule has 23 heavy (non-hydrogen) atoms. The van der Waals surface area contributed by atoms with Gasteiger partial charge in [0.2, 0.25) is 0 Å². The van der Waals surface area contributed by atoms with Gasteiger partial charge < -0.3 is 14.6 Å². The Morgan fingerprint density at radius 1 is 1.43 bits per heavy atom. The van der Waals surface area contributed by atoms with Crippen LogP contribution in [0.1, 0.15) is 26.1 Å². The van der Waals surface area contributed by atoms with Crippen molar-refractivity contribution in [1.82, 2.24) is 15.1 Å². The van der Waals surface area contributed by atoms with Gasteiger partial charge in [0.1, 0.15) is 28.0 Å². The first kappa shape index (κ1) is 15.2. The number of ether oxygens (including phenoxy) is 1. The lowest BCUT2D eigenvalue weighted by Crippen LogP contribution is -2.11. The molecular formula is C15H14N4O3S. The normalized spacial score (nSPS) is 10.5. The zero-order valence-corrected chi connectivity index (χ0v) is 13.4. The second-order valence-electron chi connectivity index (χ2n) is 4.78. The van der Waals surface area contributed by atoms with Gasteiger partial charge in [0.15, 0.2) is 5.82 Å². The van der Waals surface area contributed by atoms with Gasteiger partial charge in [0.25, 0.3) is 5.91 Å². The summed E-state index contributed by atoms with van der Waals surface area (Å²) in [5, 5.41) is 7.14. The monoisotopic (exact) mass is 330 g/mol. The van der Waals surface area contributed by atoms with Crippen molar-refractivity contribution >= 4 is 23.1 Å². The van der Waals surface area contributed by atoms with E-state index in [-0.39, 0.29) is 12.5 Å². The largest absolute Gasteiger partial charge is 0.485 e. The Kier molecular flexibility index (Phi) is 4.33. The van der Waals surface area contributed by atoms with E-state index in [1.807, 2.05) is 6.07 Å². The molecule has 1 amide bonds. The number of thiazole rings is 1. The van der Waals surface area contributed by atoms with Crippen molar-refractivity contribution in [2.24, 2.45) is 0 Å². The topological polar surface area (TPSA) is 90.1 Å². The third-order valence-corrected chi connectivity index (χ3v) is 4.04. The summed E-state index contributed by atoms with van der Waals surface area (Å²) in [6, 6.07) is 5.26. The van der Waals surface area contributed by atoms with Crippen LogP contribution in [0.3, 0.4) is 0 Å². The zero-order valence-electron chi connectivity index (χ0n) is 12.6. The van der Waals surface area contributed by atoms with Crippen LogP contribution in [0.4, 0.5) is 5.82 Å². The Balaban J connectivity index is 1.66. The number of pyridine rings is 1. The summed E-state index contributed by atoms with van der Waals surface area (Å²) < 4.78 is 10.5. The Hall–Kier alpha value is -2.74. The van der Waals surface area contributed by atoms with Crippen LogP contribution in [0.15, 0.2) is 35.1 Å². The Bertz CT molecular complexity index is 813. The smallest absolute Gasteiger partial charge is 0.268 e. The van der Waals surface area contributed by atoms with Gasteiger partial charge in [-0.3, -0.25) is 9.78 Å². The van der Waals surface area contributed by atoms with E-state index in [9.17, 15) is 4.79 Å². The molecule has 0 unspecified atom stereocenters. The van der Waals surface area contributed by atoms with Crippen molar-refractivity contribution in [2.45, 2.75) is 20.5 Å². The fourth-order valence-electron chi connectivity index (χ4n) is 1.90. The number of carbonyl (C=O) groups is 1. The van der Waals surface area contributed by atoms with Gasteiger partial charge in [-0.2, -0.15) is 0 Å². The van der Waals surface area contributed by atoms with Gasteiger partial charge in [-0.25, -0.2) is 4.98 Å². The first-order valence-electron chi connectivity index (χ1n) is 6.85. The van der Waals surface area contributed by atoms with Gasteiger partial charge >= 0.3 is 0 Å². The van der Waals surface area contributed by atoms with E-state index < -0.39 is 0 Å². The molecule has 0 spiro atoms. The maximum Gasteiger partial charge on any atom is 0.268 e. The van der Waals surface area contributed by atoms with E-state index in [4.69, 9.17) is 9.26 Å². The Morgan fingerprint density at radius 3 is 3.00 bits per heavy atom. The molecule has 0 fully saturated rings. The highest BCUT2D eigenvalue weighted by molar-refractivity contribution is 7.13. The minimum atomic E-state index is -0.263. The molecule has 3 rings (SSSR count). The molecule has 3 heterocycles. The van der Waals surface area contributed by atoms with Gasteiger partial charge in [-0.05, 0) is 26.0 Å². The van der Waals surface area contributed by atoms with Crippen molar-refractivity contribution in [3.05, 3.63) is 51.9 Å². The van der Waals surface area contributed by atoms with Gasteiger partial charge in [-0.1, -0.05) is 5.16 Å². The fourth-order valence-corrected chi connectivity index (χ4v) is 2.77. The average molecular weight is 330 g/mol. The average Bonchev–Trinajstić information content (AvgIpc) is 3.12. The number of nitrogens with one attached hydrogen (secondary N) is 1. The second-order valence-corrected chi connectivity index (χ2v) is 5.86. The lowest BCUT2D eigenvalue weighted by molar-refractivity contribution is 0.102. The van der Waals surface area contributed by atoms with Gasteiger partial charge in [0, 0.05) is 12.3 Å². The van der Waals surface area contributed by atoms with Crippen molar-refractivity contribution < 1.29 is 14.1 Å². The number of aromatic nitrogens is 3. The summed E-state index contributed by atoms with van der Waals surface area (Å²) in [6.45, 7) is 3.83. The highest BCUT2D eigenvalue weighted by Gasteiger charge is 2.17. The molecule has 0 bridgehead atoms. The molecule has 0 saturated carbocycles. The highest BCUT2D eigenvalue weighted by atomic mass is 32.1. The van der Waals surface area contributed by atoms with Crippen LogP contribution in [0.2, 0.25) is 0 Å². The number of amides is 1. The number of aryl methyl sites for hydroxylation is 2. The number of carbonyl (C=O) groups excluding carboxylic acids is 1. The fraction of sp³-hybridized carbons (Fsp3) is 0.200. The molecule has 1 N–H and O–H groups in total. The third-order valence-electron chi connectivity index (χ3n) is 2.91. The predicted molar refractivity (Wildman–Crippen MR) is 84.6 cm³/mol. The molecule has 0 saturated heterocycles. The van der Waals surface area contributed by atoms with Crippen molar-refractivity contribution in [1.29, 1.82) is 0 Å². The number of hydrogen-bond donors (Lipinski definition) is 1. The Morgan fingerprint density at radius 2 is 2.30 bits per heavy atom. The third kappa shape index (κ3) is 3.72. The minimum Gasteiger partial charge on any atom is -0.485 e. The standard InChI is InChI=1S/C15H14N4O3S/c1-9-6-12(19-22-9)18-15(20)14-10(2)17-13(23-14)8-21-11-4-3-5-16-7-11/h3-7H,8H2,1-2H3,(H,18,19,20). The predicted octanol–water partition coefficient (Wildman–Crippen LogP) is 2.97. The van der Waals surface area contributed by atoms with E-state index in [0.717, 1.165) is 0 Å². The SMILES string of the molecule is Cc1cc(NC(=O)c2sc(COc3cccnc3)nc2C)no1. The van der Waals surface area contributed by atoms with Crippen molar-refractivity contribution in [2.75, 3.05) is 5.32 Å². The zero-order chi connectivity index (χ0) is 16.2. The number of anilines is 1. The molecule has 0 aromatic carbocycles. The van der Waals surface area contributed by atoms with Crippen LogP contribution >= 0.6 is 11.3 Å². The summed E-state index contributed by atoms with van der Waals surface area (Å²) in [5.41, 5.74) is 0.650. The molecule has 3 aromatic rings. The quantitative estimate of drug-likeness (QED) is 0.773. The number of hydrogen-bond acceptors (Lipinski definition) is 7.